The summed E-state index contributed by atoms with van der Waals surface area (Å²) in [5, 5.41) is 4.48. The van der Waals surface area contributed by atoms with Gasteiger partial charge in [0.25, 0.3) is 0 Å². The van der Waals surface area contributed by atoms with Crippen LogP contribution < -0.4 is 11.1 Å². The molecule has 0 saturated heterocycles. The van der Waals surface area contributed by atoms with Crippen molar-refractivity contribution in [3.05, 3.63) is 30.5 Å². The Morgan fingerprint density at radius 1 is 1.33 bits per heavy atom. The van der Waals surface area contributed by atoms with Crippen molar-refractivity contribution in [1.82, 2.24) is 9.88 Å². The van der Waals surface area contributed by atoms with Gasteiger partial charge >= 0.3 is 0 Å². The molecule has 4 heteroatoms. The van der Waals surface area contributed by atoms with Gasteiger partial charge in [-0.05, 0) is 45.3 Å². The lowest BCUT2D eigenvalue weighted by Crippen LogP contribution is -2.29. The highest BCUT2D eigenvalue weighted by Crippen LogP contribution is 2.26. The summed E-state index contributed by atoms with van der Waals surface area (Å²) in [5.74, 6) is 0. The standard InChI is InChI=1S/C14H20N4/c1-10(9-18(2)3)17-13-7-6-12(15)11-5-4-8-16-14(11)13/h4-8,10,17H,9,15H2,1-3H3. The molecular formula is C14H20N4. The van der Waals surface area contributed by atoms with E-state index in [0.717, 1.165) is 28.8 Å². The van der Waals surface area contributed by atoms with Gasteiger partial charge < -0.3 is 16.0 Å². The number of hydrogen-bond acceptors (Lipinski definition) is 4. The minimum absolute atomic E-state index is 0.355. The second kappa shape index (κ2) is 5.23. The number of pyridine rings is 1. The fraction of sp³-hybridized carbons (Fsp3) is 0.357. The van der Waals surface area contributed by atoms with E-state index in [4.69, 9.17) is 5.73 Å². The summed E-state index contributed by atoms with van der Waals surface area (Å²) >= 11 is 0. The molecule has 1 aromatic heterocycles. The lowest BCUT2D eigenvalue weighted by Gasteiger charge is -2.20. The van der Waals surface area contributed by atoms with Gasteiger partial charge in [0.15, 0.2) is 0 Å². The van der Waals surface area contributed by atoms with Crippen molar-refractivity contribution in [3.8, 4) is 0 Å². The number of nitrogens with zero attached hydrogens (tertiary/aromatic N) is 2. The molecule has 0 bridgehead atoms. The fourth-order valence-electron chi connectivity index (χ4n) is 2.17. The topological polar surface area (TPSA) is 54.2 Å². The molecule has 1 aromatic carbocycles. The molecule has 1 atom stereocenters. The van der Waals surface area contributed by atoms with Gasteiger partial charge in [-0.3, -0.25) is 4.98 Å². The van der Waals surface area contributed by atoms with Crippen molar-refractivity contribution < 1.29 is 0 Å². The summed E-state index contributed by atoms with van der Waals surface area (Å²) in [5.41, 5.74) is 8.70. The Balaban J connectivity index is 2.31. The van der Waals surface area contributed by atoms with E-state index in [1.54, 1.807) is 6.20 Å². The van der Waals surface area contributed by atoms with Crippen LogP contribution in [0, 0.1) is 0 Å². The maximum atomic E-state index is 5.96. The van der Waals surface area contributed by atoms with Gasteiger partial charge in [0, 0.05) is 29.9 Å². The Morgan fingerprint density at radius 3 is 2.83 bits per heavy atom. The van der Waals surface area contributed by atoms with E-state index in [1.807, 2.05) is 24.3 Å². The zero-order valence-electron chi connectivity index (χ0n) is 11.1. The third-order valence-electron chi connectivity index (χ3n) is 2.84. The quantitative estimate of drug-likeness (QED) is 0.809. The van der Waals surface area contributed by atoms with Crippen LogP contribution in [0.15, 0.2) is 30.5 Å². The van der Waals surface area contributed by atoms with E-state index in [0.29, 0.717) is 6.04 Å². The van der Waals surface area contributed by atoms with E-state index in [1.165, 1.54) is 0 Å². The molecule has 0 aliphatic carbocycles. The van der Waals surface area contributed by atoms with Crippen molar-refractivity contribution in [2.75, 3.05) is 31.7 Å². The van der Waals surface area contributed by atoms with Crippen LogP contribution >= 0.6 is 0 Å². The molecular weight excluding hydrogens is 224 g/mol. The highest BCUT2D eigenvalue weighted by atomic mass is 15.1. The normalized spacial score (nSPS) is 12.9. The number of aromatic nitrogens is 1. The molecule has 1 heterocycles. The molecule has 0 saturated carbocycles. The molecule has 18 heavy (non-hydrogen) atoms. The number of benzene rings is 1. The first-order valence-electron chi connectivity index (χ1n) is 6.12. The van der Waals surface area contributed by atoms with Gasteiger partial charge in [-0.15, -0.1) is 0 Å². The maximum Gasteiger partial charge on any atom is 0.0953 e. The Hall–Kier alpha value is -1.81. The van der Waals surface area contributed by atoms with Crippen LogP contribution in [-0.2, 0) is 0 Å². The van der Waals surface area contributed by atoms with Gasteiger partial charge in [0.05, 0.1) is 11.2 Å². The summed E-state index contributed by atoms with van der Waals surface area (Å²) in [6.45, 7) is 3.13. The lowest BCUT2D eigenvalue weighted by atomic mass is 10.1. The number of nitrogens with one attached hydrogen (secondary N) is 1. The zero-order valence-corrected chi connectivity index (χ0v) is 11.1. The van der Waals surface area contributed by atoms with Crippen molar-refractivity contribution in [1.29, 1.82) is 0 Å². The van der Waals surface area contributed by atoms with Crippen LogP contribution in [-0.4, -0.2) is 36.6 Å². The minimum atomic E-state index is 0.355. The number of hydrogen-bond donors (Lipinski definition) is 2. The average Bonchev–Trinajstić information content (AvgIpc) is 2.32. The molecule has 2 rings (SSSR count). The van der Waals surface area contributed by atoms with E-state index in [2.05, 4.69) is 36.2 Å². The van der Waals surface area contributed by atoms with Crippen molar-refractivity contribution >= 4 is 22.3 Å². The maximum absolute atomic E-state index is 5.96. The Bertz CT molecular complexity index is 536. The van der Waals surface area contributed by atoms with E-state index in [9.17, 15) is 0 Å². The van der Waals surface area contributed by atoms with Crippen LogP contribution in [0.1, 0.15) is 6.92 Å². The van der Waals surface area contributed by atoms with Gasteiger partial charge in [0.1, 0.15) is 0 Å². The summed E-state index contributed by atoms with van der Waals surface area (Å²) in [7, 11) is 4.13. The molecule has 0 aliphatic rings. The number of likely N-dealkylation sites (N-methyl/N-ethyl adjacent to an activating group) is 1. The zero-order chi connectivity index (χ0) is 13.1. The first-order chi connectivity index (χ1) is 8.58. The first-order valence-corrected chi connectivity index (χ1v) is 6.12. The summed E-state index contributed by atoms with van der Waals surface area (Å²) in [4.78, 5) is 6.58. The number of rotatable bonds is 4. The molecule has 0 aliphatic heterocycles. The Morgan fingerprint density at radius 2 is 2.11 bits per heavy atom. The Kier molecular flexibility index (Phi) is 3.67. The lowest BCUT2D eigenvalue weighted by molar-refractivity contribution is 0.392. The molecule has 0 spiro atoms. The van der Waals surface area contributed by atoms with Crippen LogP contribution in [0.4, 0.5) is 11.4 Å². The monoisotopic (exact) mass is 244 g/mol. The number of anilines is 2. The van der Waals surface area contributed by atoms with Gasteiger partial charge in [0.2, 0.25) is 0 Å². The molecule has 0 fully saturated rings. The molecule has 3 N–H and O–H groups in total. The molecule has 2 aromatic rings. The average molecular weight is 244 g/mol. The SMILES string of the molecule is CC(CN(C)C)Nc1ccc(N)c2cccnc12. The fourth-order valence-corrected chi connectivity index (χ4v) is 2.17. The largest absolute Gasteiger partial charge is 0.398 e. The van der Waals surface area contributed by atoms with Crippen LogP contribution in [0.25, 0.3) is 10.9 Å². The summed E-state index contributed by atoms with van der Waals surface area (Å²) in [6, 6.07) is 8.19. The van der Waals surface area contributed by atoms with Crippen LogP contribution in [0.5, 0.6) is 0 Å². The second-order valence-corrected chi connectivity index (χ2v) is 4.91. The highest BCUT2D eigenvalue weighted by Gasteiger charge is 2.08. The van der Waals surface area contributed by atoms with E-state index < -0.39 is 0 Å². The highest BCUT2D eigenvalue weighted by molar-refractivity contribution is 5.98. The third kappa shape index (κ3) is 2.71. The Labute approximate surface area is 108 Å². The summed E-state index contributed by atoms with van der Waals surface area (Å²) in [6.07, 6.45) is 1.80. The van der Waals surface area contributed by atoms with Crippen molar-refractivity contribution in [2.24, 2.45) is 0 Å². The molecule has 4 nitrogen and oxygen atoms in total. The van der Waals surface area contributed by atoms with E-state index in [-0.39, 0.29) is 0 Å². The van der Waals surface area contributed by atoms with Crippen molar-refractivity contribution in [3.63, 3.8) is 0 Å². The number of nitrogens with two attached hydrogens (primary N) is 1. The van der Waals surface area contributed by atoms with Gasteiger partial charge in [-0.1, -0.05) is 0 Å². The van der Waals surface area contributed by atoms with Crippen LogP contribution in [0.2, 0.25) is 0 Å². The predicted octanol–water partition coefficient (Wildman–Crippen LogP) is 2.18. The first kappa shape index (κ1) is 12.6. The molecule has 96 valence electrons. The van der Waals surface area contributed by atoms with Crippen LogP contribution in [0.3, 0.4) is 0 Å². The van der Waals surface area contributed by atoms with Crippen molar-refractivity contribution in [2.45, 2.75) is 13.0 Å². The molecule has 0 amide bonds. The number of fused-ring (bicyclic) bond motifs is 1. The molecule has 0 radical (unpaired) electrons. The summed E-state index contributed by atoms with van der Waals surface area (Å²) < 4.78 is 0. The predicted molar refractivity (Wildman–Crippen MR) is 77.8 cm³/mol. The smallest absolute Gasteiger partial charge is 0.0953 e. The second-order valence-electron chi connectivity index (χ2n) is 4.91. The molecule has 1 unspecified atom stereocenters. The van der Waals surface area contributed by atoms with Gasteiger partial charge in [-0.2, -0.15) is 0 Å². The van der Waals surface area contributed by atoms with E-state index >= 15 is 0 Å². The third-order valence-corrected chi connectivity index (χ3v) is 2.84. The number of nitrogen functional groups attached to an aromatic ring is 1. The minimum Gasteiger partial charge on any atom is -0.398 e. The van der Waals surface area contributed by atoms with Gasteiger partial charge in [-0.25, -0.2) is 0 Å².